The number of benzene rings is 8. The van der Waals surface area contributed by atoms with Crippen LogP contribution in [0.2, 0.25) is 0 Å². The molecule has 2 nitrogen and oxygen atoms in total. The number of aromatic nitrogens is 1. The van der Waals surface area contributed by atoms with E-state index in [0.717, 1.165) is 0 Å². The van der Waals surface area contributed by atoms with Crippen molar-refractivity contribution in [3.05, 3.63) is 185 Å². The Bertz CT molecular complexity index is 3570. The van der Waals surface area contributed by atoms with Gasteiger partial charge in [0.2, 0.25) is 0 Å². The molecule has 0 radical (unpaired) electrons. The maximum atomic E-state index is 2.80. The Kier molecular flexibility index (Phi) is 7.53. The summed E-state index contributed by atoms with van der Waals surface area (Å²) >= 11 is 0. The molecule has 13 rings (SSSR count). The van der Waals surface area contributed by atoms with Gasteiger partial charge < -0.3 is 9.38 Å². The third-order valence-corrected chi connectivity index (χ3v) is 16.0. The van der Waals surface area contributed by atoms with Crippen molar-refractivity contribution in [2.75, 3.05) is 4.81 Å². The zero-order chi connectivity index (χ0) is 44.7. The van der Waals surface area contributed by atoms with Gasteiger partial charge in [0.05, 0.1) is 11.0 Å². The van der Waals surface area contributed by atoms with Crippen molar-refractivity contribution < 1.29 is 0 Å². The fourth-order valence-corrected chi connectivity index (χ4v) is 12.4. The highest BCUT2D eigenvalue weighted by Crippen LogP contribution is 2.61. The summed E-state index contributed by atoms with van der Waals surface area (Å²) in [6, 6.07) is 58.8. The first-order valence-electron chi connectivity index (χ1n) is 23.7. The molecule has 8 aromatic carbocycles. The highest BCUT2D eigenvalue weighted by atomic mass is 15.1. The molecule has 0 fully saturated rings. The molecule has 1 aliphatic carbocycles. The Hall–Kier alpha value is -6.58. The monoisotopic (exact) mass is 838 g/mol. The standard InChI is InChI=1S/C62H55BN2/c1-59(2,3)38-30-47-45-28-36(37-24-26-43-42-21-15-17-23-55(42)64(56(43)29-37)40-18-12-11-13-19-40)25-27-53(45)63-54-35-44-41-20-14-16-22-49(41)61(7,8)50(44)34-46(54)48-31-39(60(4,5)6)33-52-58(48)65(63)57(47)51(32-38)62(52,9)10/h11-35H,1-10H3. The van der Waals surface area contributed by atoms with E-state index >= 15 is 0 Å². The van der Waals surface area contributed by atoms with Crippen LogP contribution >= 0.6 is 0 Å². The summed E-state index contributed by atoms with van der Waals surface area (Å²) in [6.45, 7) is 24.1. The van der Waals surface area contributed by atoms with Crippen molar-refractivity contribution in [2.45, 2.75) is 90.9 Å². The van der Waals surface area contributed by atoms with Gasteiger partial charge in [-0.25, -0.2) is 0 Å². The Morgan fingerprint density at radius 2 is 0.969 bits per heavy atom. The topological polar surface area (TPSA) is 8.17 Å². The van der Waals surface area contributed by atoms with Gasteiger partial charge in [0, 0.05) is 49.8 Å². The van der Waals surface area contributed by atoms with Crippen LogP contribution in [0, 0.1) is 0 Å². The fraction of sp³-hybridized carbons (Fsp3) is 0.226. The second-order valence-corrected chi connectivity index (χ2v) is 22.6. The van der Waals surface area contributed by atoms with E-state index in [9.17, 15) is 0 Å². The molecule has 9 aromatic rings. The molecular formula is C62H55BN2. The van der Waals surface area contributed by atoms with E-state index < -0.39 is 0 Å². The Morgan fingerprint density at radius 3 is 1.66 bits per heavy atom. The van der Waals surface area contributed by atoms with Crippen molar-refractivity contribution in [1.29, 1.82) is 0 Å². The zero-order valence-corrected chi connectivity index (χ0v) is 39.4. The molecule has 3 aliphatic heterocycles. The molecule has 316 valence electrons. The van der Waals surface area contributed by atoms with E-state index in [2.05, 4.69) is 230 Å². The number of para-hydroxylation sites is 2. The molecule has 1 aromatic heterocycles. The van der Waals surface area contributed by atoms with Crippen molar-refractivity contribution in [3.8, 4) is 50.2 Å². The second-order valence-electron chi connectivity index (χ2n) is 22.6. The van der Waals surface area contributed by atoms with Crippen LogP contribution in [0.5, 0.6) is 0 Å². The number of hydrogen-bond acceptors (Lipinski definition) is 1. The van der Waals surface area contributed by atoms with Crippen LogP contribution in [0.15, 0.2) is 152 Å². The summed E-state index contributed by atoms with van der Waals surface area (Å²) in [5, 5.41) is 2.55. The first-order chi connectivity index (χ1) is 31.0. The van der Waals surface area contributed by atoms with Crippen molar-refractivity contribution in [2.24, 2.45) is 0 Å². The minimum Gasteiger partial charge on any atom is -0.375 e. The van der Waals surface area contributed by atoms with Gasteiger partial charge in [-0.3, -0.25) is 0 Å². The van der Waals surface area contributed by atoms with Gasteiger partial charge in [-0.1, -0.05) is 178 Å². The van der Waals surface area contributed by atoms with Crippen LogP contribution in [0.4, 0.5) is 11.4 Å². The second kappa shape index (κ2) is 12.6. The molecule has 0 spiro atoms. The van der Waals surface area contributed by atoms with E-state index in [4.69, 9.17) is 0 Å². The van der Waals surface area contributed by atoms with Gasteiger partial charge in [-0.15, -0.1) is 0 Å². The first kappa shape index (κ1) is 38.8. The smallest absolute Gasteiger partial charge is 0.329 e. The summed E-state index contributed by atoms with van der Waals surface area (Å²) in [7, 11) is 0. The normalized spacial score (nSPS) is 15.7. The van der Waals surface area contributed by atoms with Crippen molar-refractivity contribution in [3.63, 3.8) is 0 Å². The molecule has 0 bridgehead atoms. The third kappa shape index (κ3) is 5.13. The van der Waals surface area contributed by atoms with Gasteiger partial charge in [-0.2, -0.15) is 0 Å². The van der Waals surface area contributed by atoms with E-state index in [0.29, 0.717) is 0 Å². The van der Waals surface area contributed by atoms with Gasteiger partial charge in [0.1, 0.15) is 0 Å². The van der Waals surface area contributed by atoms with E-state index in [1.165, 1.54) is 128 Å². The number of hydrogen-bond donors (Lipinski definition) is 0. The number of rotatable bonds is 2. The molecule has 0 saturated heterocycles. The number of anilines is 2. The van der Waals surface area contributed by atoms with Gasteiger partial charge >= 0.3 is 6.85 Å². The summed E-state index contributed by atoms with van der Waals surface area (Å²) in [5.74, 6) is 0. The van der Waals surface area contributed by atoms with Crippen LogP contribution in [0.25, 0.3) is 72.0 Å². The highest BCUT2D eigenvalue weighted by Gasteiger charge is 2.51. The SMILES string of the molecule is CC(C)(C)c1cc2c3c(c1)C(C)(C)c1cc(C(C)(C)C)cc4c1N3B(c1ccc(-c3ccc5c6ccccc6n(-c6ccccc6)c5c3)cc1-2)c1cc2c(cc1-4)C(C)(C)c1ccccc1-2. The maximum absolute atomic E-state index is 2.80. The molecular weight excluding hydrogens is 784 g/mol. The average molecular weight is 839 g/mol. The first-order valence-corrected chi connectivity index (χ1v) is 23.7. The minimum atomic E-state index is -0.244. The molecule has 0 atom stereocenters. The van der Waals surface area contributed by atoms with E-state index in [-0.39, 0.29) is 28.5 Å². The summed E-state index contributed by atoms with van der Waals surface area (Å²) < 4.78 is 2.44. The maximum Gasteiger partial charge on any atom is 0.329 e. The minimum absolute atomic E-state index is 0.00731. The summed E-state index contributed by atoms with van der Waals surface area (Å²) in [4.78, 5) is 2.80. The lowest BCUT2D eigenvalue weighted by Gasteiger charge is -2.52. The van der Waals surface area contributed by atoms with Gasteiger partial charge in [0.15, 0.2) is 0 Å². The van der Waals surface area contributed by atoms with E-state index in [1.807, 2.05) is 0 Å². The molecule has 0 saturated carbocycles. The number of fused-ring (bicyclic) bond motifs is 12. The quantitative estimate of drug-likeness (QED) is 0.157. The van der Waals surface area contributed by atoms with Gasteiger partial charge in [0.25, 0.3) is 0 Å². The van der Waals surface area contributed by atoms with Crippen LogP contribution < -0.4 is 15.7 Å². The molecule has 3 heteroatoms. The molecule has 0 N–H and O–H groups in total. The van der Waals surface area contributed by atoms with Crippen LogP contribution in [0.3, 0.4) is 0 Å². The van der Waals surface area contributed by atoms with E-state index in [1.54, 1.807) is 0 Å². The molecule has 4 heterocycles. The molecule has 65 heavy (non-hydrogen) atoms. The Labute approximate surface area is 384 Å². The summed E-state index contributed by atoms with van der Waals surface area (Å²) in [6.07, 6.45) is 0. The number of nitrogens with zero attached hydrogens (tertiary/aromatic N) is 2. The lowest BCUT2D eigenvalue weighted by molar-refractivity contribution is 0.574. The van der Waals surface area contributed by atoms with Gasteiger partial charge in [-0.05, 0) is 131 Å². The Balaban J connectivity index is 1.12. The lowest BCUT2D eigenvalue weighted by atomic mass is 9.41. The largest absolute Gasteiger partial charge is 0.375 e. The van der Waals surface area contributed by atoms with Crippen molar-refractivity contribution in [1.82, 2.24) is 4.57 Å². The molecule has 0 amide bonds. The van der Waals surface area contributed by atoms with Crippen molar-refractivity contribution >= 4 is 51.0 Å². The predicted octanol–water partition coefficient (Wildman–Crippen LogP) is 14.9. The Morgan fingerprint density at radius 1 is 0.400 bits per heavy atom. The lowest BCUT2D eigenvalue weighted by Crippen LogP contribution is -2.61. The fourth-order valence-electron chi connectivity index (χ4n) is 12.4. The van der Waals surface area contributed by atoms with Crippen LogP contribution in [-0.2, 0) is 21.7 Å². The average Bonchev–Trinajstić information content (AvgIpc) is 3.74. The zero-order valence-electron chi connectivity index (χ0n) is 39.4. The van der Waals surface area contributed by atoms with Crippen LogP contribution in [-0.4, -0.2) is 11.4 Å². The molecule has 0 unspecified atom stereocenters. The van der Waals surface area contributed by atoms with Crippen LogP contribution in [0.1, 0.15) is 103 Å². The summed E-state index contributed by atoms with van der Waals surface area (Å²) in [5.41, 5.74) is 27.9. The molecule has 4 aliphatic rings. The third-order valence-electron chi connectivity index (χ3n) is 16.0. The highest BCUT2D eigenvalue weighted by molar-refractivity contribution is 6.92. The predicted molar refractivity (Wildman–Crippen MR) is 278 cm³/mol.